The molecule has 0 fully saturated rings. The number of hydrogen-bond acceptors (Lipinski definition) is 3. The second-order valence-corrected chi connectivity index (χ2v) is 0.750. The molecule has 0 saturated heterocycles. The van der Waals surface area contributed by atoms with Gasteiger partial charge in [0.1, 0.15) is 0 Å². The van der Waals surface area contributed by atoms with Crippen LogP contribution in [0.25, 0.3) is 0 Å². The molecular formula is AlBiMg2O3Si+8. The molecule has 0 heterocycles. The SMILES string of the molecule is O=[Si]([O-])[O-].[Al+3].[Bi+3].[Mg+2].[Mg+2]. The standard InChI is InChI=1S/Al.Bi.2Mg.O3Si/c;;;;1-4(2)3/q2*+3;2*+2;-2. The van der Waals surface area contributed by atoms with Gasteiger partial charge in [-0.2, -0.15) is 0 Å². The molecule has 2 radical (unpaired) electrons. The molecule has 0 rings (SSSR count). The third kappa shape index (κ3) is 74.5. The quantitative estimate of drug-likeness (QED) is 0.410. The molecule has 0 aliphatic rings. The fourth-order valence-electron chi connectivity index (χ4n) is 0. The van der Waals surface area contributed by atoms with Crippen LogP contribution in [0.4, 0.5) is 0 Å². The van der Waals surface area contributed by atoms with Gasteiger partial charge in [-0.15, -0.1) is 0 Å². The summed E-state index contributed by atoms with van der Waals surface area (Å²) in [6.45, 7) is 0. The van der Waals surface area contributed by atoms with Crippen molar-refractivity contribution in [2.45, 2.75) is 0 Å². The van der Waals surface area contributed by atoms with Gasteiger partial charge in [0, 0.05) is 9.17 Å². The molecule has 0 spiro atoms. The third-order valence-corrected chi connectivity index (χ3v) is 0. The average molecular weight is 361 g/mol. The summed E-state index contributed by atoms with van der Waals surface area (Å²) >= 11 is 0. The average Bonchev–Trinajstić information content (AvgIpc) is 0.811. The minimum Gasteiger partial charge on any atom is -0.672 e. The van der Waals surface area contributed by atoms with Crippen molar-refractivity contribution in [1.29, 1.82) is 0 Å². The van der Waals surface area contributed by atoms with E-state index in [2.05, 4.69) is 0 Å². The molecule has 8 heteroatoms. The Morgan fingerprint density at radius 2 is 1.12 bits per heavy atom. The molecule has 0 aliphatic heterocycles. The Morgan fingerprint density at radius 1 is 1.12 bits per heavy atom. The molecule has 0 amide bonds. The van der Waals surface area contributed by atoms with Gasteiger partial charge < -0.3 is 14.1 Å². The molecule has 0 bridgehead atoms. The van der Waals surface area contributed by atoms with Crippen LogP contribution in [0.1, 0.15) is 0 Å². The van der Waals surface area contributed by atoms with Crippen LogP contribution in [0, 0.1) is 0 Å². The normalized spacial score (nSPS) is 3.00. The molecule has 0 saturated carbocycles. The molecule has 26 valence electrons. The van der Waals surface area contributed by atoms with Gasteiger partial charge in [0.15, 0.2) is 0 Å². The van der Waals surface area contributed by atoms with Gasteiger partial charge in [0.2, 0.25) is 0 Å². The molecule has 0 aliphatic carbocycles. The van der Waals surface area contributed by atoms with E-state index in [-0.39, 0.29) is 89.7 Å². The first-order chi connectivity index (χ1) is 1.73. The zero-order valence-electron chi connectivity index (χ0n) is 4.16. The molecule has 8 heavy (non-hydrogen) atoms. The number of hydrogen-bond donors (Lipinski definition) is 0. The van der Waals surface area contributed by atoms with E-state index in [4.69, 9.17) is 14.1 Å². The first kappa shape index (κ1) is 31.2. The topological polar surface area (TPSA) is 63.2 Å². The number of rotatable bonds is 0. The summed E-state index contributed by atoms with van der Waals surface area (Å²) in [6, 6.07) is 0. The van der Waals surface area contributed by atoms with Crippen LogP contribution in [-0.2, 0) is 4.46 Å². The maximum Gasteiger partial charge on any atom is 3.00 e. The summed E-state index contributed by atoms with van der Waals surface area (Å²) in [5.41, 5.74) is 0. The van der Waals surface area contributed by atoms with Gasteiger partial charge in [-0.05, 0) is 0 Å². The Bertz CT molecular complexity index is 40.3. The largest absolute Gasteiger partial charge is 3.00 e. The smallest absolute Gasteiger partial charge is 0.672 e. The van der Waals surface area contributed by atoms with E-state index in [1.165, 1.54) is 0 Å². The second kappa shape index (κ2) is 22.7. The Hall–Kier alpha value is 2.56. The van der Waals surface area contributed by atoms with E-state index in [9.17, 15) is 0 Å². The second-order valence-electron chi connectivity index (χ2n) is 0.250. The Labute approximate surface area is 111 Å². The molecule has 0 aromatic carbocycles. The minimum atomic E-state index is -3.63. The van der Waals surface area contributed by atoms with Crippen LogP contribution in [-0.4, -0.2) is 98.8 Å². The van der Waals surface area contributed by atoms with Crippen molar-refractivity contribution in [2.24, 2.45) is 0 Å². The van der Waals surface area contributed by atoms with E-state index in [0.29, 0.717) is 0 Å². The third-order valence-electron chi connectivity index (χ3n) is 0. The predicted molar refractivity (Wildman–Crippen MR) is 29.5 cm³/mol. The molecule has 0 N–H and O–H groups in total. The maximum absolute atomic E-state index is 8.52. The van der Waals surface area contributed by atoms with E-state index < -0.39 is 9.17 Å². The summed E-state index contributed by atoms with van der Waals surface area (Å²) in [7, 11) is -3.63. The van der Waals surface area contributed by atoms with Crippen LogP contribution in [0.15, 0.2) is 0 Å². The van der Waals surface area contributed by atoms with Crippen molar-refractivity contribution in [1.82, 2.24) is 0 Å². The fourth-order valence-corrected chi connectivity index (χ4v) is 0. The molecule has 0 aromatic heterocycles. The Kier molecular flexibility index (Phi) is 88.4. The molecule has 0 atom stereocenters. The van der Waals surface area contributed by atoms with Crippen molar-refractivity contribution in [3.63, 3.8) is 0 Å². The zero-order chi connectivity index (χ0) is 3.58. The summed E-state index contributed by atoms with van der Waals surface area (Å²) in [5, 5.41) is 0. The van der Waals surface area contributed by atoms with E-state index in [0.717, 1.165) is 0 Å². The van der Waals surface area contributed by atoms with Crippen molar-refractivity contribution in [3.8, 4) is 0 Å². The van der Waals surface area contributed by atoms with Crippen LogP contribution >= 0.6 is 0 Å². The van der Waals surface area contributed by atoms with E-state index in [1.54, 1.807) is 0 Å². The van der Waals surface area contributed by atoms with Gasteiger partial charge in [0.25, 0.3) is 0 Å². The zero-order valence-corrected chi connectivity index (χ0v) is 12.6. The van der Waals surface area contributed by atoms with Crippen molar-refractivity contribution in [2.75, 3.05) is 0 Å². The first-order valence-electron chi connectivity index (χ1n) is 0.612. The minimum absolute atomic E-state index is 0. The molecule has 0 aromatic rings. The molecular weight excluding hydrogens is 361 g/mol. The van der Waals surface area contributed by atoms with Gasteiger partial charge in [-0.1, -0.05) is 0 Å². The Morgan fingerprint density at radius 3 is 1.12 bits per heavy atom. The summed E-state index contributed by atoms with van der Waals surface area (Å²) in [5.74, 6) is 0. The Balaban J connectivity index is -0.00000000750. The summed E-state index contributed by atoms with van der Waals surface area (Å²) in [6.07, 6.45) is 0. The van der Waals surface area contributed by atoms with Gasteiger partial charge >= 0.3 is 89.7 Å². The van der Waals surface area contributed by atoms with Crippen molar-refractivity contribution in [3.05, 3.63) is 0 Å². The van der Waals surface area contributed by atoms with Crippen LogP contribution in [0.2, 0.25) is 0 Å². The van der Waals surface area contributed by atoms with E-state index in [1.807, 2.05) is 0 Å². The van der Waals surface area contributed by atoms with Crippen LogP contribution in [0.5, 0.6) is 0 Å². The van der Waals surface area contributed by atoms with Crippen molar-refractivity contribution >= 4 is 98.8 Å². The van der Waals surface area contributed by atoms with Gasteiger partial charge in [0.05, 0.1) is 0 Å². The summed E-state index contributed by atoms with van der Waals surface area (Å²) in [4.78, 5) is 17.0. The van der Waals surface area contributed by atoms with Crippen LogP contribution < -0.4 is 9.59 Å². The predicted octanol–water partition coefficient (Wildman–Crippen LogP) is -4.40. The maximum atomic E-state index is 8.52. The van der Waals surface area contributed by atoms with Crippen molar-refractivity contribution < 1.29 is 14.1 Å². The molecule has 0 unspecified atom stereocenters. The monoisotopic (exact) mass is 360 g/mol. The first-order valence-corrected chi connectivity index (χ1v) is 1.84. The van der Waals surface area contributed by atoms with E-state index >= 15 is 0 Å². The summed E-state index contributed by atoms with van der Waals surface area (Å²) < 4.78 is 8.52. The van der Waals surface area contributed by atoms with Crippen LogP contribution in [0.3, 0.4) is 0 Å². The molecule has 3 nitrogen and oxygen atoms in total. The van der Waals surface area contributed by atoms with Gasteiger partial charge in [-0.25, -0.2) is 0 Å². The fraction of sp³-hybridized carbons (Fsp3) is 0. The van der Waals surface area contributed by atoms with Gasteiger partial charge in [-0.3, -0.25) is 0 Å².